The molecular weight excluding hydrogens is 317 g/mol. The molecule has 8 heteroatoms. The number of hydrogen-bond acceptors (Lipinski definition) is 3. The Morgan fingerprint density at radius 2 is 2.06 bits per heavy atom. The summed E-state index contributed by atoms with van der Waals surface area (Å²) in [6.45, 7) is -1.11. The zero-order chi connectivity index (χ0) is 13.9. The van der Waals surface area contributed by atoms with Crippen molar-refractivity contribution in [2.75, 3.05) is 18.5 Å². The van der Waals surface area contributed by atoms with Crippen molar-refractivity contribution in [2.24, 2.45) is 0 Å². The Morgan fingerprint density at radius 1 is 1.44 bits per heavy atom. The molecule has 0 aromatic heterocycles. The Kier molecular flexibility index (Phi) is 4.55. The Balaban J connectivity index is 3.05. The number of nitro groups is 1. The van der Waals surface area contributed by atoms with Crippen molar-refractivity contribution < 1.29 is 18.1 Å². The van der Waals surface area contributed by atoms with Crippen molar-refractivity contribution in [1.29, 1.82) is 0 Å². The summed E-state index contributed by atoms with van der Waals surface area (Å²) < 4.78 is 36.8. The summed E-state index contributed by atoms with van der Waals surface area (Å²) in [4.78, 5) is 11.0. The van der Waals surface area contributed by atoms with E-state index in [9.17, 15) is 23.3 Å². The maximum Gasteiger partial charge on any atom is 0.405 e. The summed E-state index contributed by atoms with van der Waals surface area (Å²) in [6.07, 6.45) is -4.32. The van der Waals surface area contributed by atoms with Gasteiger partial charge in [-0.05, 0) is 11.6 Å². The van der Waals surface area contributed by atoms with E-state index in [2.05, 4.69) is 15.9 Å². The van der Waals surface area contributed by atoms with Gasteiger partial charge in [0.25, 0.3) is 5.69 Å². The molecule has 0 amide bonds. The minimum atomic E-state index is -4.32. The molecule has 0 N–H and O–H groups in total. The van der Waals surface area contributed by atoms with E-state index in [0.29, 0.717) is 11.3 Å². The molecule has 1 aromatic carbocycles. The lowest BCUT2D eigenvalue weighted by molar-refractivity contribution is -0.384. The zero-order valence-electron chi connectivity index (χ0n) is 9.37. The number of nitrogens with zero attached hydrogens (tertiary/aromatic N) is 2. The van der Waals surface area contributed by atoms with Crippen molar-refractivity contribution in [1.82, 2.24) is 0 Å². The molecule has 0 heterocycles. The maximum atomic E-state index is 12.3. The van der Waals surface area contributed by atoms with Gasteiger partial charge in [0.2, 0.25) is 0 Å². The van der Waals surface area contributed by atoms with Crippen molar-refractivity contribution in [3.63, 3.8) is 0 Å². The molecule has 0 atom stereocenters. The monoisotopic (exact) mass is 326 g/mol. The van der Waals surface area contributed by atoms with E-state index in [1.165, 1.54) is 25.2 Å². The third-order valence-electron chi connectivity index (χ3n) is 2.25. The van der Waals surface area contributed by atoms with E-state index in [4.69, 9.17) is 0 Å². The summed E-state index contributed by atoms with van der Waals surface area (Å²) in [6, 6.07) is 3.77. The first-order valence-corrected chi connectivity index (χ1v) is 5.98. The molecule has 0 spiro atoms. The van der Waals surface area contributed by atoms with E-state index in [-0.39, 0.29) is 11.0 Å². The lowest BCUT2D eigenvalue weighted by Crippen LogP contribution is -2.31. The molecule has 0 saturated carbocycles. The van der Waals surface area contributed by atoms with Gasteiger partial charge >= 0.3 is 6.18 Å². The number of rotatable bonds is 4. The number of benzene rings is 1. The van der Waals surface area contributed by atoms with Crippen LogP contribution in [0.4, 0.5) is 24.5 Å². The van der Waals surface area contributed by atoms with Gasteiger partial charge in [0.1, 0.15) is 6.54 Å². The number of hydrogen-bond donors (Lipinski definition) is 0. The fraction of sp³-hybridized carbons (Fsp3) is 0.400. The molecule has 0 bridgehead atoms. The first kappa shape index (κ1) is 14.7. The SMILES string of the molecule is CN(CC(F)(F)F)c1ccc([N+](=O)[O-])cc1CBr. The molecule has 4 nitrogen and oxygen atoms in total. The van der Waals surface area contributed by atoms with Crippen molar-refractivity contribution in [3.8, 4) is 0 Å². The number of alkyl halides is 4. The van der Waals surface area contributed by atoms with Crippen LogP contribution >= 0.6 is 15.9 Å². The average molecular weight is 327 g/mol. The lowest BCUT2D eigenvalue weighted by Gasteiger charge is -2.23. The van der Waals surface area contributed by atoms with Gasteiger partial charge in [-0.15, -0.1) is 0 Å². The highest BCUT2D eigenvalue weighted by atomic mass is 79.9. The zero-order valence-corrected chi connectivity index (χ0v) is 11.0. The summed E-state index contributed by atoms with van der Waals surface area (Å²) in [5.41, 5.74) is 0.611. The normalized spacial score (nSPS) is 11.4. The minimum Gasteiger partial charge on any atom is -0.365 e. The standard InChI is InChI=1S/C10H10BrF3N2O2/c1-15(6-10(12,13)14)9-3-2-8(16(17)18)4-7(9)5-11/h2-4H,5-6H2,1H3. The third-order valence-corrected chi connectivity index (χ3v) is 2.85. The fourth-order valence-electron chi connectivity index (χ4n) is 1.52. The van der Waals surface area contributed by atoms with Crippen LogP contribution in [0.2, 0.25) is 0 Å². The number of nitro benzene ring substituents is 1. The Hall–Kier alpha value is -1.31. The molecule has 18 heavy (non-hydrogen) atoms. The lowest BCUT2D eigenvalue weighted by atomic mass is 10.1. The maximum absolute atomic E-state index is 12.3. The molecule has 0 aliphatic carbocycles. The molecule has 0 aliphatic rings. The molecule has 0 fully saturated rings. The van der Waals surface area contributed by atoms with Crippen molar-refractivity contribution >= 4 is 27.3 Å². The smallest absolute Gasteiger partial charge is 0.365 e. The first-order valence-electron chi connectivity index (χ1n) is 4.86. The average Bonchev–Trinajstić information content (AvgIpc) is 2.25. The fourth-order valence-corrected chi connectivity index (χ4v) is 1.97. The van der Waals surface area contributed by atoms with Gasteiger partial charge in [-0.1, -0.05) is 15.9 Å². The predicted octanol–water partition coefficient (Wildman–Crippen LogP) is 3.49. The van der Waals surface area contributed by atoms with Gasteiger partial charge in [0.05, 0.1) is 4.92 Å². The van der Waals surface area contributed by atoms with Crippen molar-refractivity contribution in [3.05, 3.63) is 33.9 Å². The van der Waals surface area contributed by atoms with E-state index < -0.39 is 17.6 Å². The molecule has 1 rings (SSSR count). The summed E-state index contributed by atoms with van der Waals surface area (Å²) >= 11 is 3.11. The van der Waals surface area contributed by atoms with Gasteiger partial charge in [-0.25, -0.2) is 0 Å². The third kappa shape index (κ3) is 3.86. The summed E-state index contributed by atoms with van der Waals surface area (Å²) in [5, 5.41) is 10.8. The van der Waals surface area contributed by atoms with Crippen LogP contribution in [-0.4, -0.2) is 24.7 Å². The highest BCUT2D eigenvalue weighted by molar-refractivity contribution is 9.08. The van der Waals surface area contributed by atoms with Gasteiger partial charge in [-0.3, -0.25) is 10.1 Å². The summed E-state index contributed by atoms with van der Waals surface area (Å²) in [5.74, 6) is 0. The summed E-state index contributed by atoms with van der Waals surface area (Å²) in [7, 11) is 1.29. The quantitative estimate of drug-likeness (QED) is 0.483. The van der Waals surface area contributed by atoms with Crippen LogP contribution in [0.25, 0.3) is 0 Å². The number of anilines is 1. The highest BCUT2D eigenvalue weighted by Gasteiger charge is 2.30. The van der Waals surface area contributed by atoms with Crippen LogP contribution in [0.5, 0.6) is 0 Å². The minimum absolute atomic E-state index is 0.145. The Bertz CT molecular complexity index is 451. The topological polar surface area (TPSA) is 46.4 Å². The molecular formula is C10H10BrF3N2O2. The van der Waals surface area contributed by atoms with Crippen LogP contribution in [0, 0.1) is 10.1 Å². The second-order valence-corrected chi connectivity index (χ2v) is 4.24. The molecule has 0 saturated heterocycles. The Labute approximate surface area is 110 Å². The van der Waals surface area contributed by atoms with Crippen LogP contribution in [0.3, 0.4) is 0 Å². The van der Waals surface area contributed by atoms with Crippen LogP contribution in [0.1, 0.15) is 5.56 Å². The second kappa shape index (κ2) is 5.55. The van der Waals surface area contributed by atoms with Crippen LogP contribution in [0.15, 0.2) is 18.2 Å². The molecule has 100 valence electrons. The second-order valence-electron chi connectivity index (χ2n) is 3.67. The van der Waals surface area contributed by atoms with Crippen molar-refractivity contribution in [2.45, 2.75) is 11.5 Å². The van der Waals surface area contributed by atoms with E-state index in [0.717, 1.165) is 4.90 Å². The van der Waals surface area contributed by atoms with Crippen LogP contribution < -0.4 is 4.90 Å². The number of non-ortho nitro benzene ring substituents is 1. The van der Waals surface area contributed by atoms with E-state index in [1.807, 2.05) is 0 Å². The van der Waals surface area contributed by atoms with Gasteiger partial charge in [0.15, 0.2) is 0 Å². The first-order chi connectivity index (χ1) is 8.24. The molecule has 1 aromatic rings. The predicted molar refractivity (Wildman–Crippen MR) is 65.1 cm³/mol. The van der Waals surface area contributed by atoms with E-state index >= 15 is 0 Å². The van der Waals surface area contributed by atoms with Gasteiger partial charge in [0, 0.05) is 30.2 Å². The molecule has 0 radical (unpaired) electrons. The number of halogens is 4. The molecule has 0 aliphatic heterocycles. The van der Waals surface area contributed by atoms with Gasteiger partial charge in [-0.2, -0.15) is 13.2 Å². The molecule has 0 unspecified atom stereocenters. The highest BCUT2D eigenvalue weighted by Crippen LogP contribution is 2.28. The largest absolute Gasteiger partial charge is 0.405 e. The Morgan fingerprint density at radius 3 is 2.50 bits per heavy atom. The van der Waals surface area contributed by atoms with Gasteiger partial charge < -0.3 is 4.90 Å². The van der Waals surface area contributed by atoms with E-state index in [1.54, 1.807) is 0 Å². The van der Waals surface area contributed by atoms with Crippen LogP contribution in [-0.2, 0) is 5.33 Å².